The molecule has 20 heavy (non-hydrogen) atoms. The standard InChI is InChI=1S/C14H18BrFN2O2/c15-11-2-3-12(13(16)10-11)14(20)18-5-1-4-17(6-7-18)8-9-19/h2-3,10,19H,1,4-9H2. The fraction of sp³-hybridized carbons (Fsp3) is 0.500. The van der Waals surface area contributed by atoms with E-state index in [9.17, 15) is 9.18 Å². The first-order chi connectivity index (χ1) is 9.61. The van der Waals surface area contributed by atoms with Crippen molar-refractivity contribution in [2.45, 2.75) is 6.42 Å². The lowest BCUT2D eigenvalue weighted by atomic mass is 10.2. The Kier molecular flexibility index (Phi) is 5.51. The number of β-amino-alcohol motifs (C(OH)–C–C–N with tert-alkyl or cyclic N) is 1. The van der Waals surface area contributed by atoms with Crippen LogP contribution in [-0.4, -0.2) is 60.1 Å². The fourth-order valence-corrected chi connectivity index (χ4v) is 2.71. The Hall–Kier alpha value is -0.980. The van der Waals surface area contributed by atoms with E-state index in [1.807, 2.05) is 0 Å². The normalized spacial score (nSPS) is 17.1. The van der Waals surface area contributed by atoms with Gasteiger partial charge in [0.05, 0.1) is 12.2 Å². The minimum atomic E-state index is -0.499. The van der Waals surface area contributed by atoms with Crippen molar-refractivity contribution >= 4 is 21.8 Å². The van der Waals surface area contributed by atoms with Crippen molar-refractivity contribution in [1.82, 2.24) is 9.80 Å². The molecule has 0 radical (unpaired) electrons. The molecule has 0 bridgehead atoms. The molecule has 1 aromatic carbocycles. The van der Waals surface area contributed by atoms with Gasteiger partial charge in [-0.2, -0.15) is 0 Å². The second-order valence-electron chi connectivity index (χ2n) is 4.84. The van der Waals surface area contributed by atoms with Crippen LogP contribution in [0.4, 0.5) is 4.39 Å². The Morgan fingerprint density at radius 3 is 2.80 bits per heavy atom. The van der Waals surface area contributed by atoms with Crippen LogP contribution < -0.4 is 0 Å². The number of hydrogen-bond donors (Lipinski definition) is 1. The summed E-state index contributed by atoms with van der Waals surface area (Å²) in [4.78, 5) is 16.2. The molecule has 1 fully saturated rings. The third kappa shape index (κ3) is 3.77. The monoisotopic (exact) mass is 344 g/mol. The second kappa shape index (κ2) is 7.15. The van der Waals surface area contributed by atoms with Crippen molar-refractivity contribution in [3.63, 3.8) is 0 Å². The molecule has 1 saturated heterocycles. The summed E-state index contributed by atoms with van der Waals surface area (Å²) in [7, 11) is 0. The lowest BCUT2D eigenvalue weighted by Crippen LogP contribution is -2.36. The molecule has 4 nitrogen and oxygen atoms in total. The van der Waals surface area contributed by atoms with Crippen molar-refractivity contribution in [1.29, 1.82) is 0 Å². The van der Waals surface area contributed by atoms with Crippen LogP contribution in [0.15, 0.2) is 22.7 Å². The van der Waals surface area contributed by atoms with E-state index >= 15 is 0 Å². The number of amides is 1. The number of nitrogens with zero attached hydrogens (tertiary/aromatic N) is 2. The van der Waals surface area contributed by atoms with Gasteiger partial charge >= 0.3 is 0 Å². The Bertz CT molecular complexity index is 484. The molecule has 0 aliphatic carbocycles. The number of halogens is 2. The van der Waals surface area contributed by atoms with E-state index in [4.69, 9.17) is 5.11 Å². The second-order valence-corrected chi connectivity index (χ2v) is 5.75. The average molecular weight is 345 g/mol. The van der Waals surface area contributed by atoms with E-state index < -0.39 is 5.82 Å². The van der Waals surface area contributed by atoms with E-state index in [1.54, 1.807) is 11.0 Å². The van der Waals surface area contributed by atoms with Crippen molar-refractivity contribution in [3.05, 3.63) is 34.1 Å². The van der Waals surface area contributed by atoms with Crippen LogP contribution in [0.2, 0.25) is 0 Å². The number of aliphatic hydroxyl groups excluding tert-OH is 1. The highest BCUT2D eigenvalue weighted by atomic mass is 79.9. The van der Waals surface area contributed by atoms with Gasteiger partial charge in [0.1, 0.15) is 5.82 Å². The molecule has 0 unspecified atom stereocenters. The molecule has 2 rings (SSSR count). The molecule has 110 valence electrons. The third-order valence-corrected chi connectivity index (χ3v) is 3.95. The zero-order chi connectivity index (χ0) is 14.5. The molecule has 1 aromatic rings. The number of aliphatic hydroxyl groups is 1. The number of rotatable bonds is 3. The zero-order valence-electron chi connectivity index (χ0n) is 11.2. The van der Waals surface area contributed by atoms with Gasteiger partial charge in [-0.3, -0.25) is 9.69 Å². The van der Waals surface area contributed by atoms with E-state index in [-0.39, 0.29) is 18.1 Å². The van der Waals surface area contributed by atoms with E-state index in [2.05, 4.69) is 20.8 Å². The molecule has 1 aliphatic rings. The highest BCUT2D eigenvalue weighted by Gasteiger charge is 2.22. The molecule has 1 amide bonds. The van der Waals surface area contributed by atoms with Gasteiger partial charge < -0.3 is 10.0 Å². The van der Waals surface area contributed by atoms with Gasteiger partial charge in [0.2, 0.25) is 0 Å². The summed E-state index contributed by atoms with van der Waals surface area (Å²) in [6.07, 6.45) is 0.837. The summed E-state index contributed by atoms with van der Waals surface area (Å²) < 4.78 is 14.5. The summed E-state index contributed by atoms with van der Waals surface area (Å²) in [5, 5.41) is 8.95. The molecule has 0 atom stereocenters. The number of carbonyl (C=O) groups excluding carboxylic acids is 1. The van der Waals surface area contributed by atoms with Crippen LogP contribution in [0.3, 0.4) is 0 Å². The van der Waals surface area contributed by atoms with E-state index in [0.717, 1.165) is 13.0 Å². The summed E-state index contributed by atoms with van der Waals surface area (Å²) in [6.45, 7) is 3.49. The SMILES string of the molecule is O=C(c1ccc(Br)cc1F)N1CCCN(CCO)CC1. The minimum Gasteiger partial charge on any atom is -0.395 e. The van der Waals surface area contributed by atoms with Gasteiger partial charge in [-0.1, -0.05) is 15.9 Å². The van der Waals surface area contributed by atoms with Crippen molar-refractivity contribution in [2.24, 2.45) is 0 Å². The predicted octanol–water partition coefficient (Wildman–Crippen LogP) is 1.73. The molecular weight excluding hydrogens is 327 g/mol. The van der Waals surface area contributed by atoms with Crippen LogP contribution >= 0.6 is 15.9 Å². The van der Waals surface area contributed by atoms with Crippen LogP contribution in [-0.2, 0) is 0 Å². The van der Waals surface area contributed by atoms with Gasteiger partial charge in [-0.05, 0) is 31.2 Å². The molecule has 6 heteroatoms. The highest BCUT2D eigenvalue weighted by molar-refractivity contribution is 9.10. The minimum absolute atomic E-state index is 0.115. The molecule has 1 heterocycles. The Balaban J connectivity index is 2.05. The molecule has 0 aromatic heterocycles. The van der Waals surface area contributed by atoms with Gasteiger partial charge in [0.15, 0.2) is 0 Å². The lowest BCUT2D eigenvalue weighted by molar-refractivity contribution is 0.0756. The predicted molar refractivity (Wildman–Crippen MR) is 78.1 cm³/mol. The van der Waals surface area contributed by atoms with Crippen molar-refractivity contribution in [2.75, 3.05) is 39.3 Å². The van der Waals surface area contributed by atoms with Gasteiger partial charge in [0, 0.05) is 30.7 Å². The zero-order valence-corrected chi connectivity index (χ0v) is 12.8. The molecular formula is C14H18BrFN2O2. The van der Waals surface area contributed by atoms with Crippen molar-refractivity contribution in [3.8, 4) is 0 Å². The first kappa shape index (κ1) is 15.4. The number of benzene rings is 1. The van der Waals surface area contributed by atoms with Gasteiger partial charge in [-0.25, -0.2) is 4.39 Å². The summed E-state index contributed by atoms with van der Waals surface area (Å²) >= 11 is 3.18. The van der Waals surface area contributed by atoms with Gasteiger partial charge in [0.25, 0.3) is 5.91 Å². The Morgan fingerprint density at radius 2 is 2.10 bits per heavy atom. The highest BCUT2D eigenvalue weighted by Crippen LogP contribution is 2.17. The molecule has 0 spiro atoms. The Morgan fingerprint density at radius 1 is 1.30 bits per heavy atom. The molecule has 0 saturated carbocycles. The topological polar surface area (TPSA) is 43.8 Å². The maximum absolute atomic E-state index is 13.8. The summed E-state index contributed by atoms with van der Waals surface area (Å²) in [6, 6.07) is 4.49. The van der Waals surface area contributed by atoms with Crippen LogP contribution in [0.25, 0.3) is 0 Å². The van der Waals surface area contributed by atoms with Crippen LogP contribution in [0.1, 0.15) is 16.8 Å². The van der Waals surface area contributed by atoms with E-state index in [0.29, 0.717) is 30.7 Å². The smallest absolute Gasteiger partial charge is 0.256 e. The maximum Gasteiger partial charge on any atom is 0.256 e. The summed E-state index contributed by atoms with van der Waals surface area (Å²) in [5.74, 6) is -0.762. The largest absolute Gasteiger partial charge is 0.395 e. The fourth-order valence-electron chi connectivity index (χ4n) is 2.37. The van der Waals surface area contributed by atoms with Crippen molar-refractivity contribution < 1.29 is 14.3 Å². The first-order valence-corrected chi connectivity index (χ1v) is 7.48. The van der Waals surface area contributed by atoms with Crippen LogP contribution in [0, 0.1) is 5.82 Å². The maximum atomic E-state index is 13.8. The number of hydrogen-bond acceptors (Lipinski definition) is 3. The molecule has 1 N–H and O–H groups in total. The Labute approximate surface area is 126 Å². The quantitative estimate of drug-likeness (QED) is 0.908. The lowest BCUT2D eigenvalue weighted by Gasteiger charge is -2.21. The first-order valence-electron chi connectivity index (χ1n) is 6.69. The number of carbonyl (C=O) groups is 1. The molecule has 1 aliphatic heterocycles. The summed E-state index contributed by atoms with van der Waals surface area (Å²) in [5.41, 5.74) is 0.115. The van der Waals surface area contributed by atoms with Gasteiger partial charge in [-0.15, -0.1) is 0 Å². The van der Waals surface area contributed by atoms with Crippen LogP contribution in [0.5, 0.6) is 0 Å². The van der Waals surface area contributed by atoms with E-state index in [1.165, 1.54) is 12.1 Å². The third-order valence-electron chi connectivity index (χ3n) is 3.45. The average Bonchev–Trinajstić information content (AvgIpc) is 2.64.